The van der Waals surface area contributed by atoms with Gasteiger partial charge in [0.05, 0.1) is 12.0 Å². The van der Waals surface area contributed by atoms with Crippen molar-refractivity contribution in [1.82, 2.24) is 0 Å². The molecule has 0 aliphatic heterocycles. The molecule has 5 heteroatoms. The Morgan fingerprint density at radius 2 is 1.88 bits per heavy atom. The van der Waals surface area contributed by atoms with Crippen LogP contribution in [0.15, 0.2) is 24.3 Å². The number of carbonyl (C=O) groups excluding carboxylic acids is 3. The van der Waals surface area contributed by atoms with Crippen molar-refractivity contribution >= 4 is 17.5 Å². The Labute approximate surface area is 92.1 Å². The van der Waals surface area contributed by atoms with Crippen LogP contribution in [0, 0.1) is 0 Å². The monoisotopic (exact) mass is 221 g/mol. The zero-order valence-electron chi connectivity index (χ0n) is 8.73. The van der Waals surface area contributed by atoms with Gasteiger partial charge in [-0.05, 0) is 19.1 Å². The summed E-state index contributed by atoms with van der Waals surface area (Å²) in [5, 5.41) is 0. The van der Waals surface area contributed by atoms with Gasteiger partial charge >= 0.3 is 5.97 Å². The number of nitrogens with two attached hydrogens (primary N) is 1. The molecule has 0 aliphatic rings. The van der Waals surface area contributed by atoms with Gasteiger partial charge in [-0.1, -0.05) is 12.1 Å². The highest BCUT2D eigenvalue weighted by atomic mass is 16.7. The molecule has 0 heterocycles. The zero-order valence-corrected chi connectivity index (χ0v) is 8.73. The molecular weight excluding hydrogens is 210 g/mol. The quantitative estimate of drug-likeness (QED) is 0.463. The van der Waals surface area contributed by atoms with Crippen molar-refractivity contribution < 1.29 is 19.2 Å². The highest BCUT2D eigenvalue weighted by Gasteiger charge is 2.12. The van der Waals surface area contributed by atoms with E-state index < -0.39 is 5.97 Å². The minimum absolute atomic E-state index is 0.178. The fraction of sp³-hybridized carbons (Fsp3) is 0.182. The average molecular weight is 221 g/mol. The lowest BCUT2D eigenvalue weighted by Crippen LogP contribution is -2.11. The fourth-order valence-electron chi connectivity index (χ4n) is 1.22. The first kappa shape index (κ1) is 12.1. The van der Waals surface area contributed by atoms with Crippen molar-refractivity contribution in [2.24, 2.45) is 5.90 Å². The van der Waals surface area contributed by atoms with Crippen molar-refractivity contribution in [3.05, 3.63) is 35.4 Å². The van der Waals surface area contributed by atoms with Gasteiger partial charge in [0, 0.05) is 5.56 Å². The summed E-state index contributed by atoms with van der Waals surface area (Å²) in [4.78, 5) is 37.4. The summed E-state index contributed by atoms with van der Waals surface area (Å²) < 4.78 is 0. The molecule has 16 heavy (non-hydrogen) atoms. The normalized spacial score (nSPS) is 9.62. The van der Waals surface area contributed by atoms with Gasteiger partial charge in [0.2, 0.25) is 0 Å². The third-order valence-corrected chi connectivity index (χ3v) is 1.94. The predicted molar refractivity (Wildman–Crippen MR) is 55.7 cm³/mol. The van der Waals surface area contributed by atoms with Crippen molar-refractivity contribution in [2.45, 2.75) is 13.3 Å². The van der Waals surface area contributed by atoms with E-state index in [4.69, 9.17) is 5.90 Å². The molecule has 0 aliphatic carbocycles. The Balaban J connectivity index is 2.94. The van der Waals surface area contributed by atoms with Crippen molar-refractivity contribution in [1.29, 1.82) is 0 Å². The summed E-state index contributed by atoms with van der Waals surface area (Å²) in [5.74, 6) is 3.44. The molecule has 0 saturated heterocycles. The van der Waals surface area contributed by atoms with Gasteiger partial charge in [-0.2, -0.15) is 5.90 Å². The Hall–Kier alpha value is -2.01. The second-order valence-electron chi connectivity index (χ2n) is 3.29. The molecule has 1 rings (SSSR count). The molecule has 0 fully saturated rings. The Morgan fingerprint density at radius 3 is 2.44 bits per heavy atom. The highest BCUT2D eigenvalue weighted by molar-refractivity contribution is 6.08. The summed E-state index contributed by atoms with van der Waals surface area (Å²) in [6.07, 6.45) is -0.179. The van der Waals surface area contributed by atoms with Gasteiger partial charge < -0.3 is 4.84 Å². The van der Waals surface area contributed by atoms with Crippen LogP contribution in [0.25, 0.3) is 0 Å². The van der Waals surface area contributed by atoms with Gasteiger partial charge in [0.25, 0.3) is 0 Å². The van der Waals surface area contributed by atoms with E-state index in [9.17, 15) is 14.4 Å². The molecule has 0 atom stereocenters. The highest BCUT2D eigenvalue weighted by Crippen LogP contribution is 2.08. The molecule has 0 amide bonds. The molecule has 2 N–H and O–H groups in total. The molecule has 1 aromatic rings. The summed E-state index contributed by atoms with van der Waals surface area (Å²) in [5.41, 5.74) is 0.468. The van der Waals surface area contributed by atoms with Gasteiger partial charge in [-0.3, -0.25) is 9.59 Å². The lowest BCUT2D eigenvalue weighted by molar-refractivity contribution is -0.116. The summed E-state index contributed by atoms with van der Waals surface area (Å²) in [6, 6.07) is 5.87. The minimum Gasteiger partial charge on any atom is -0.370 e. The summed E-state index contributed by atoms with van der Waals surface area (Å²) in [6.45, 7) is 1.33. The average Bonchev–Trinajstić information content (AvgIpc) is 2.27. The van der Waals surface area contributed by atoms with Crippen LogP contribution in [0.1, 0.15) is 34.1 Å². The number of hydrogen-bond donors (Lipinski definition) is 1. The maximum Gasteiger partial charge on any atom is 0.356 e. The van der Waals surface area contributed by atoms with E-state index in [1.807, 2.05) is 0 Å². The molecule has 0 spiro atoms. The third-order valence-electron chi connectivity index (χ3n) is 1.94. The van der Waals surface area contributed by atoms with Crippen LogP contribution < -0.4 is 5.90 Å². The predicted octanol–water partition coefficient (Wildman–Crippen LogP) is 0.879. The van der Waals surface area contributed by atoms with Gasteiger partial charge in [0.15, 0.2) is 5.78 Å². The van der Waals surface area contributed by atoms with E-state index >= 15 is 0 Å². The molecule has 0 bridgehead atoms. The molecule has 0 saturated carbocycles. The van der Waals surface area contributed by atoms with Crippen LogP contribution in [0.3, 0.4) is 0 Å². The number of rotatable bonds is 4. The number of hydrogen-bond acceptors (Lipinski definition) is 5. The van der Waals surface area contributed by atoms with E-state index in [0.717, 1.165) is 0 Å². The molecule has 84 valence electrons. The lowest BCUT2D eigenvalue weighted by atomic mass is 10.0. The zero-order chi connectivity index (χ0) is 12.1. The Morgan fingerprint density at radius 1 is 1.25 bits per heavy atom. The van der Waals surface area contributed by atoms with E-state index in [-0.39, 0.29) is 29.1 Å². The first-order valence-corrected chi connectivity index (χ1v) is 4.58. The van der Waals surface area contributed by atoms with Gasteiger partial charge in [-0.15, -0.1) is 0 Å². The smallest absolute Gasteiger partial charge is 0.356 e. The second kappa shape index (κ2) is 5.18. The van der Waals surface area contributed by atoms with Crippen molar-refractivity contribution in [3.8, 4) is 0 Å². The van der Waals surface area contributed by atoms with Gasteiger partial charge in [0.1, 0.15) is 5.78 Å². The first-order chi connectivity index (χ1) is 7.54. The molecule has 0 aromatic heterocycles. The fourth-order valence-corrected chi connectivity index (χ4v) is 1.22. The van der Waals surface area contributed by atoms with Crippen LogP contribution in [-0.4, -0.2) is 17.5 Å². The van der Waals surface area contributed by atoms with Crippen LogP contribution in [-0.2, 0) is 9.63 Å². The standard InChI is InChI=1S/C11H11NO4/c1-7(13)5-10(14)8-3-2-4-9(6-8)11(15)16-12/h2-4,6H,5,12H2,1H3. The van der Waals surface area contributed by atoms with E-state index in [2.05, 4.69) is 4.84 Å². The number of carbonyl (C=O) groups is 3. The maximum atomic E-state index is 11.5. The Kier molecular flexibility index (Phi) is 3.90. The van der Waals surface area contributed by atoms with E-state index in [0.29, 0.717) is 0 Å². The van der Waals surface area contributed by atoms with Gasteiger partial charge in [-0.25, -0.2) is 4.79 Å². The number of benzene rings is 1. The molecular formula is C11H11NO4. The van der Waals surface area contributed by atoms with E-state index in [1.165, 1.54) is 31.2 Å². The molecule has 0 unspecified atom stereocenters. The molecule has 0 radical (unpaired) electrons. The molecule has 5 nitrogen and oxygen atoms in total. The van der Waals surface area contributed by atoms with Crippen LogP contribution >= 0.6 is 0 Å². The van der Waals surface area contributed by atoms with E-state index in [1.54, 1.807) is 0 Å². The lowest BCUT2D eigenvalue weighted by Gasteiger charge is -2.01. The molecule has 1 aromatic carbocycles. The summed E-state index contributed by atoms with van der Waals surface area (Å²) >= 11 is 0. The van der Waals surface area contributed by atoms with Crippen molar-refractivity contribution in [3.63, 3.8) is 0 Å². The van der Waals surface area contributed by atoms with Crippen LogP contribution in [0.5, 0.6) is 0 Å². The first-order valence-electron chi connectivity index (χ1n) is 4.58. The largest absolute Gasteiger partial charge is 0.370 e. The topological polar surface area (TPSA) is 86.5 Å². The van der Waals surface area contributed by atoms with Crippen LogP contribution in [0.4, 0.5) is 0 Å². The number of ketones is 2. The Bertz CT molecular complexity index is 439. The maximum absolute atomic E-state index is 11.5. The van der Waals surface area contributed by atoms with Crippen LogP contribution in [0.2, 0.25) is 0 Å². The van der Waals surface area contributed by atoms with Crippen molar-refractivity contribution in [2.75, 3.05) is 0 Å². The SMILES string of the molecule is CC(=O)CC(=O)c1cccc(C(=O)ON)c1. The third kappa shape index (κ3) is 2.99. The summed E-state index contributed by atoms with van der Waals surface area (Å²) in [7, 11) is 0. The number of Topliss-reactive ketones (excluding diaryl/α,β-unsaturated/α-hetero) is 2. The second-order valence-corrected chi connectivity index (χ2v) is 3.29. The minimum atomic E-state index is -0.725.